The molecule has 1 aliphatic rings. The summed E-state index contributed by atoms with van der Waals surface area (Å²) in [6.07, 6.45) is 3.82. The number of likely N-dealkylation sites (tertiary alicyclic amines) is 1. The topological polar surface area (TPSA) is 32.3 Å². The van der Waals surface area contributed by atoms with Crippen molar-refractivity contribution in [1.29, 1.82) is 0 Å². The first-order valence-electron chi connectivity index (χ1n) is 9.36. The summed E-state index contributed by atoms with van der Waals surface area (Å²) in [5.74, 6) is -0.00443. The van der Waals surface area contributed by atoms with Crippen molar-refractivity contribution < 1.29 is 4.79 Å². The summed E-state index contributed by atoms with van der Waals surface area (Å²) in [6, 6.07) is 6.27. The van der Waals surface area contributed by atoms with Crippen LogP contribution in [0.2, 0.25) is 0 Å². The molecule has 3 nitrogen and oxygen atoms in total. The van der Waals surface area contributed by atoms with E-state index in [4.69, 9.17) is 0 Å². The first-order valence-corrected chi connectivity index (χ1v) is 12.0. The monoisotopic (exact) mass is 416 g/mol. The van der Waals surface area contributed by atoms with E-state index >= 15 is 0 Å². The van der Waals surface area contributed by atoms with Crippen molar-refractivity contribution in [3.05, 3.63) is 60.8 Å². The number of rotatable bonds is 5. The molecule has 27 heavy (non-hydrogen) atoms. The predicted molar refractivity (Wildman–Crippen MR) is 118 cm³/mol. The Kier molecular flexibility index (Phi) is 5.78. The van der Waals surface area contributed by atoms with Gasteiger partial charge in [-0.3, -0.25) is 9.69 Å². The van der Waals surface area contributed by atoms with E-state index in [1.54, 1.807) is 22.7 Å². The molecule has 1 aliphatic heterocycles. The van der Waals surface area contributed by atoms with Crippen LogP contribution in [0.4, 0.5) is 5.00 Å². The molecular formula is C21H24N2OS3. The third-order valence-corrected chi connectivity index (χ3v) is 8.00. The third-order valence-electron chi connectivity index (χ3n) is 5.29. The van der Waals surface area contributed by atoms with Gasteiger partial charge in [-0.2, -0.15) is 11.3 Å². The number of carbonyl (C=O) groups excluding carboxylic acids is 1. The number of nitrogens with zero attached hydrogens (tertiary/aromatic N) is 1. The van der Waals surface area contributed by atoms with E-state index in [1.165, 1.54) is 52.2 Å². The lowest BCUT2D eigenvalue weighted by atomic mass is 9.95. The lowest BCUT2D eigenvalue weighted by Crippen LogP contribution is -2.34. The maximum Gasteiger partial charge on any atom is 0.266 e. The number of anilines is 1. The Bertz CT molecular complexity index is 890. The SMILES string of the molecule is Cc1sc(NC(=O)c2cccs2)c([C@H](c2ccsc2)N2CCCCC2)c1C. The average molecular weight is 417 g/mol. The Balaban J connectivity index is 1.74. The molecular weight excluding hydrogens is 392 g/mol. The standard InChI is InChI=1S/C21H24N2OS3/c1-14-15(2)27-21(22-20(24)17-7-6-11-26-17)18(14)19(16-8-12-25-13-16)23-9-4-3-5-10-23/h6-8,11-13,19H,3-5,9-10H2,1-2H3,(H,22,24)/t19-/m0/s1. The van der Waals surface area contributed by atoms with Crippen LogP contribution in [0.3, 0.4) is 0 Å². The van der Waals surface area contributed by atoms with Crippen LogP contribution in [-0.2, 0) is 0 Å². The van der Waals surface area contributed by atoms with Gasteiger partial charge in [-0.1, -0.05) is 12.5 Å². The van der Waals surface area contributed by atoms with E-state index < -0.39 is 0 Å². The fraction of sp³-hybridized carbons (Fsp3) is 0.381. The first kappa shape index (κ1) is 18.9. The molecule has 1 amide bonds. The van der Waals surface area contributed by atoms with Gasteiger partial charge in [-0.25, -0.2) is 0 Å². The predicted octanol–water partition coefficient (Wildman–Crippen LogP) is 6.32. The lowest BCUT2D eigenvalue weighted by molar-refractivity contribution is 0.103. The van der Waals surface area contributed by atoms with Crippen LogP contribution in [0, 0.1) is 13.8 Å². The van der Waals surface area contributed by atoms with Gasteiger partial charge in [-0.15, -0.1) is 22.7 Å². The largest absolute Gasteiger partial charge is 0.313 e. The zero-order valence-corrected chi connectivity index (χ0v) is 18.1. The van der Waals surface area contributed by atoms with Gasteiger partial charge >= 0.3 is 0 Å². The molecule has 3 aromatic heterocycles. The number of aryl methyl sites for hydroxylation is 1. The maximum absolute atomic E-state index is 12.7. The Hall–Kier alpha value is -1.47. The number of nitrogens with one attached hydrogen (secondary N) is 1. The van der Waals surface area contributed by atoms with E-state index in [0.29, 0.717) is 0 Å². The quantitative estimate of drug-likeness (QED) is 0.528. The zero-order chi connectivity index (χ0) is 18.8. The van der Waals surface area contributed by atoms with Crippen LogP contribution in [0.1, 0.15) is 56.5 Å². The van der Waals surface area contributed by atoms with Crippen molar-refractivity contribution in [3.63, 3.8) is 0 Å². The number of hydrogen-bond donors (Lipinski definition) is 1. The van der Waals surface area contributed by atoms with Gasteiger partial charge in [-0.05, 0) is 79.2 Å². The highest BCUT2D eigenvalue weighted by Gasteiger charge is 2.30. The van der Waals surface area contributed by atoms with Gasteiger partial charge < -0.3 is 5.32 Å². The molecule has 0 radical (unpaired) electrons. The van der Waals surface area contributed by atoms with Crippen LogP contribution in [0.5, 0.6) is 0 Å². The van der Waals surface area contributed by atoms with Gasteiger partial charge in [0.05, 0.1) is 10.9 Å². The Labute approximate surface area is 172 Å². The molecule has 3 aromatic rings. The summed E-state index contributed by atoms with van der Waals surface area (Å²) in [4.78, 5) is 17.4. The molecule has 0 aliphatic carbocycles. The van der Waals surface area contributed by atoms with E-state index in [9.17, 15) is 4.79 Å². The molecule has 0 unspecified atom stereocenters. The number of hydrogen-bond acceptors (Lipinski definition) is 5. The van der Waals surface area contributed by atoms with Crippen molar-refractivity contribution in [2.75, 3.05) is 18.4 Å². The van der Waals surface area contributed by atoms with E-state index in [2.05, 4.69) is 40.9 Å². The van der Waals surface area contributed by atoms with Crippen LogP contribution >= 0.6 is 34.0 Å². The molecule has 0 spiro atoms. The fourth-order valence-electron chi connectivity index (χ4n) is 3.81. The molecule has 1 saturated heterocycles. The van der Waals surface area contributed by atoms with Gasteiger partial charge in [0.15, 0.2) is 0 Å². The van der Waals surface area contributed by atoms with E-state index in [0.717, 1.165) is 23.0 Å². The molecule has 6 heteroatoms. The van der Waals surface area contributed by atoms with Crippen LogP contribution in [0.15, 0.2) is 34.3 Å². The Morgan fingerprint density at radius 2 is 1.96 bits per heavy atom. The molecule has 1 N–H and O–H groups in total. The molecule has 4 rings (SSSR count). The normalized spacial score (nSPS) is 16.4. The minimum Gasteiger partial charge on any atom is -0.313 e. The highest BCUT2D eigenvalue weighted by Crippen LogP contribution is 2.43. The lowest BCUT2D eigenvalue weighted by Gasteiger charge is -2.35. The van der Waals surface area contributed by atoms with Crippen molar-refractivity contribution in [1.82, 2.24) is 4.90 Å². The number of carbonyl (C=O) groups is 1. The molecule has 0 bridgehead atoms. The van der Waals surface area contributed by atoms with Gasteiger partial charge in [0.1, 0.15) is 5.00 Å². The summed E-state index contributed by atoms with van der Waals surface area (Å²) < 4.78 is 0. The Morgan fingerprint density at radius 1 is 1.15 bits per heavy atom. The average Bonchev–Trinajstić information content (AvgIpc) is 3.42. The minimum absolute atomic E-state index is 0.00443. The van der Waals surface area contributed by atoms with Crippen LogP contribution < -0.4 is 5.32 Å². The second kappa shape index (κ2) is 8.27. The van der Waals surface area contributed by atoms with Gasteiger partial charge in [0, 0.05) is 10.4 Å². The van der Waals surface area contributed by atoms with Gasteiger partial charge in [0.2, 0.25) is 0 Å². The molecule has 4 heterocycles. The molecule has 1 fully saturated rings. The van der Waals surface area contributed by atoms with Crippen molar-refractivity contribution in [2.24, 2.45) is 0 Å². The van der Waals surface area contributed by atoms with Crippen molar-refractivity contribution in [2.45, 2.75) is 39.2 Å². The maximum atomic E-state index is 12.7. The van der Waals surface area contributed by atoms with E-state index in [-0.39, 0.29) is 11.9 Å². The van der Waals surface area contributed by atoms with Gasteiger partial charge in [0.25, 0.3) is 5.91 Å². The highest BCUT2D eigenvalue weighted by molar-refractivity contribution is 7.17. The van der Waals surface area contributed by atoms with Crippen molar-refractivity contribution >= 4 is 44.9 Å². The zero-order valence-electron chi connectivity index (χ0n) is 15.7. The van der Waals surface area contributed by atoms with Crippen molar-refractivity contribution in [3.8, 4) is 0 Å². The van der Waals surface area contributed by atoms with Crippen LogP contribution in [0.25, 0.3) is 0 Å². The summed E-state index contributed by atoms with van der Waals surface area (Å²) >= 11 is 4.94. The second-order valence-corrected chi connectivity index (χ2v) is 9.97. The second-order valence-electron chi connectivity index (χ2n) is 7.01. The molecule has 0 aromatic carbocycles. The molecule has 142 valence electrons. The highest BCUT2D eigenvalue weighted by atomic mass is 32.1. The fourth-order valence-corrected chi connectivity index (χ4v) is 6.19. The first-order chi connectivity index (χ1) is 13.1. The Morgan fingerprint density at radius 3 is 2.63 bits per heavy atom. The summed E-state index contributed by atoms with van der Waals surface area (Å²) in [6.45, 7) is 6.59. The van der Waals surface area contributed by atoms with E-state index in [1.807, 2.05) is 17.5 Å². The summed E-state index contributed by atoms with van der Waals surface area (Å²) in [5.41, 5.74) is 3.93. The summed E-state index contributed by atoms with van der Waals surface area (Å²) in [7, 11) is 0. The smallest absolute Gasteiger partial charge is 0.266 e. The third kappa shape index (κ3) is 3.90. The minimum atomic E-state index is -0.00443. The molecule has 1 atom stereocenters. The summed E-state index contributed by atoms with van der Waals surface area (Å²) in [5, 5.41) is 10.6. The van der Waals surface area contributed by atoms with Crippen LogP contribution in [-0.4, -0.2) is 23.9 Å². The molecule has 0 saturated carbocycles. The number of thiophene rings is 3. The number of piperidine rings is 1. The number of amides is 1.